The average Bonchev–Trinajstić information content (AvgIpc) is 2.89. The van der Waals surface area contributed by atoms with Crippen LogP contribution in [0.5, 0.6) is 0 Å². The standard InChI is InChI=1S/C19H20N2O2/c1-12-9-10-16-15(11-12)20-17(23-16)13-7-5-6-8-14(13)21-18(22)19(2,3)4/h5-11H,1-4H3,(H,21,22). The van der Waals surface area contributed by atoms with Crippen LogP contribution in [-0.2, 0) is 4.79 Å². The minimum atomic E-state index is -0.467. The van der Waals surface area contributed by atoms with E-state index in [-0.39, 0.29) is 5.91 Å². The van der Waals surface area contributed by atoms with Crippen molar-refractivity contribution in [3.05, 3.63) is 48.0 Å². The molecule has 0 atom stereocenters. The molecular weight excluding hydrogens is 288 g/mol. The maximum atomic E-state index is 12.3. The molecule has 0 aliphatic heterocycles. The van der Waals surface area contributed by atoms with Crippen molar-refractivity contribution < 1.29 is 9.21 Å². The summed E-state index contributed by atoms with van der Waals surface area (Å²) in [6.45, 7) is 7.67. The van der Waals surface area contributed by atoms with Gasteiger partial charge in [-0.05, 0) is 36.8 Å². The molecule has 0 spiro atoms. The topological polar surface area (TPSA) is 55.1 Å². The molecule has 0 saturated carbocycles. The molecule has 0 aliphatic carbocycles. The van der Waals surface area contributed by atoms with Gasteiger partial charge in [-0.1, -0.05) is 39.0 Å². The number of amides is 1. The maximum Gasteiger partial charge on any atom is 0.229 e. The lowest BCUT2D eigenvalue weighted by molar-refractivity contribution is -0.123. The fourth-order valence-corrected chi connectivity index (χ4v) is 2.24. The first-order chi connectivity index (χ1) is 10.8. The number of oxazole rings is 1. The molecule has 4 nitrogen and oxygen atoms in total. The van der Waals surface area contributed by atoms with Crippen LogP contribution < -0.4 is 5.32 Å². The highest BCUT2D eigenvalue weighted by Crippen LogP contribution is 2.31. The van der Waals surface area contributed by atoms with E-state index in [0.717, 1.165) is 22.2 Å². The Hall–Kier alpha value is -2.62. The number of carbonyl (C=O) groups is 1. The van der Waals surface area contributed by atoms with Crippen LogP contribution in [-0.4, -0.2) is 10.9 Å². The molecule has 1 amide bonds. The highest BCUT2D eigenvalue weighted by atomic mass is 16.3. The molecule has 0 saturated heterocycles. The number of aromatic nitrogens is 1. The molecule has 0 radical (unpaired) electrons. The molecule has 0 unspecified atom stereocenters. The van der Waals surface area contributed by atoms with E-state index >= 15 is 0 Å². The average molecular weight is 308 g/mol. The number of benzene rings is 2. The lowest BCUT2D eigenvalue weighted by Crippen LogP contribution is -2.27. The van der Waals surface area contributed by atoms with E-state index in [9.17, 15) is 4.79 Å². The van der Waals surface area contributed by atoms with Gasteiger partial charge in [0.1, 0.15) is 5.52 Å². The number of para-hydroxylation sites is 1. The highest BCUT2D eigenvalue weighted by molar-refractivity contribution is 5.97. The molecule has 1 N–H and O–H groups in total. The molecule has 0 aliphatic rings. The predicted molar refractivity (Wildman–Crippen MR) is 92.3 cm³/mol. The number of rotatable bonds is 2. The van der Waals surface area contributed by atoms with Gasteiger partial charge in [0.15, 0.2) is 5.58 Å². The Balaban J connectivity index is 2.03. The van der Waals surface area contributed by atoms with E-state index in [1.165, 1.54) is 0 Å². The van der Waals surface area contributed by atoms with Gasteiger partial charge >= 0.3 is 0 Å². The minimum Gasteiger partial charge on any atom is -0.436 e. The van der Waals surface area contributed by atoms with Crippen molar-refractivity contribution in [3.8, 4) is 11.5 Å². The van der Waals surface area contributed by atoms with Gasteiger partial charge in [0, 0.05) is 5.41 Å². The summed E-state index contributed by atoms with van der Waals surface area (Å²) in [5, 5.41) is 2.97. The van der Waals surface area contributed by atoms with Gasteiger partial charge in [0.25, 0.3) is 0 Å². The summed E-state index contributed by atoms with van der Waals surface area (Å²) in [6, 6.07) is 13.4. The molecule has 0 fully saturated rings. The number of hydrogen-bond donors (Lipinski definition) is 1. The quantitative estimate of drug-likeness (QED) is 0.740. The number of fused-ring (bicyclic) bond motifs is 1. The number of anilines is 1. The first-order valence-electron chi connectivity index (χ1n) is 7.62. The molecule has 3 rings (SSSR count). The third kappa shape index (κ3) is 3.11. The van der Waals surface area contributed by atoms with E-state index in [4.69, 9.17) is 4.42 Å². The van der Waals surface area contributed by atoms with Gasteiger partial charge in [-0.3, -0.25) is 4.79 Å². The smallest absolute Gasteiger partial charge is 0.229 e. The van der Waals surface area contributed by atoms with Crippen molar-refractivity contribution in [2.24, 2.45) is 5.41 Å². The summed E-state index contributed by atoms with van der Waals surface area (Å²) >= 11 is 0. The zero-order valence-electron chi connectivity index (χ0n) is 13.8. The maximum absolute atomic E-state index is 12.3. The summed E-state index contributed by atoms with van der Waals surface area (Å²) < 4.78 is 5.85. The third-order valence-corrected chi connectivity index (χ3v) is 3.63. The van der Waals surface area contributed by atoms with Crippen LogP contribution in [0, 0.1) is 12.3 Å². The highest BCUT2D eigenvalue weighted by Gasteiger charge is 2.23. The number of hydrogen-bond acceptors (Lipinski definition) is 3. The molecule has 4 heteroatoms. The van der Waals surface area contributed by atoms with Crippen LogP contribution in [0.3, 0.4) is 0 Å². The summed E-state index contributed by atoms with van der Waals surface area (Å²) in [5.74, 6) is 0.465. The van der Waals surface area contributed by atoms with E-state index in [0.29, 0.717) is 11.6 Å². The molecule has 1 heterocycles. The van der Waals surface area contributed by atoms with Crippen molar-refractivity contribution >= 4 is 22.7 Å². The van der Waals surface area contributed by atoms with Crippen molar-refractivity contribution in [1.29, 1.82) is 0 Å². The zero-order valence-corrected chi connectivity index (χ0v) is 13.8. The van der Waals surface area contributed by atoms with Crippen LogP contribution in [0.4, 0.5) is 5.69 Å². The largest absolute Gasteiger partial charge is 0.436 e. The van der Waals surface area contributed by atoms with Gasteiger partial charge < -0.3 is 9.73 Å². The molecule has 1 aromatic heterocycles. The van der Waals surface area contributed by atoms with Crippen LogP contribution in [0.1, 0.15) is 26.3 Å². The number of carbonyl (C=O) groups excluding carboxylic acids is 1. The lowest BCUT2D eigenvalue weighted by atomic mass is 9.95. The number of nitrogens with one attached hydrogen (secondary N) is 1. The third-order valence-electron chi connectivity index (χ3n) is 3.63. The second kappa shape index (κ2) is 5.54. The second-order valence-corrected chi connectivity index (χ2v) is 6.74. The fourth-order valence-electron chi connectivity index (χ4n) is 2.24. The molecule has 3 aromatic rings. The fraction of sp³-hybridized carbons (Fsp3) is 0.263. The van der Waals surface area contributed by atoms with Crippen LogP contribution in [0.15, 0.2) is 46.9 Å². The molecule has 23 heavy (non-hydrogen) atoms. The van der Waals surface area contributed by atoms with Crippen molar-refractivity contribution in [3.63, 3.8) is 0 Å². The Labute approximate surface area is 135 Å². The van der Waals surface area contributed by atoms with Crippen molar-refractivity contribution in [2.75, 3.05) is 5.32 Å². The van der Waals surface area contributed by atoms with Gasteiger partial charge in [-0.15, -0.1) is 0 Å². The summed E-state index contributed by atoms with van der Waals surface area (Å²) in [6.07, 6.45) is 0. The van der Waals surface area contributed by atoms with E-state index < -0.39 is 5.41 Å². The Bertz CT molecular complexity index is 872. The normalized spacial score (nSPS) is 11.7. The van der Waals surface area contributed by atoms with Gasteiger partial charge in [0.2, 0.25) is 11.8 Å². The van der Waals surface area contributed by atoms with Gasteiger partial charge in [0.05, 0.1) is 11.3 Å². The Morgan fingerprint density at radius 3 is 2.61 bits per heavy atom. The monoisotopic (exact) mass is 308 g/mol. The number of nitrogens with zero attached hydrogens (tertiary/aromatic N) is 1. The van der Waals surface area contributed by atoms with E-state index in [1.807, 2.05) is 70.2 Å². The summed E-state index contributed by atoms with van der Waals surface area (Å²) in [4.78, 5) is 16.8. The first-order valence-corrected chi connectivity index (χ1v) is 7.62. The molecule has 2 aromatic carbocycles. The number of aryl methyl sites for hydroxylation is 1. The van der Waals surface area contributed by atoms with Crippen LogP contribution >= 0.6 is 0 Å². The van der Waals surface area contributed by atoms with E-state index in [2.05, 4.69) is 10.3 Å². The van der Waals surface area contributed by atoms with Crippen molar-refractivity contribution in [1.82, 2.24) is 4.98 Å². The predicted octanol–water partition coefficient (Wildman–Crippen LogP) is 4.79. The Kier molecular flexibility index (Phi) is 3.68. The molecule has 118 valence electrons. The Morgan fingerprint density at radius 2 is 1.87 bits per heavy atom. The van der Waals surface area contributed by atoms with Crippen LogP contribution in [0.25, 0.3) is 22.6 Å². The SMILES string of the molecule is Cc1ccc2oc(-c3ccccc3NC(=O)C(C)(C)C)nc2c1. The molecule has 0 bridgehead atoms. The molecular formula is C19H20N2O2. The zero-order chi connectivity index (χ0) is 16.6. The Morgan fingerprint density at radius 1 is 1.13 bits per heavy atom. The van der Waals surface area contributed by atoms with Crippen molar-refractivity contribution in [2.45, 2.75) is 27.7 Å². The minimum absolute atomic E-state index is 0.0445. The first kappa shape index (κ1) is 15.3. The lowest BCUT2D eigenvalue weighted by Gasteiger charge is -2.18. The van der Waals surface area contributed by atoms with Gasteiger partial charge in [-0.2, -0.15) is 0 Å². The van der Waals surface area contributed by atoms with Crippen LogP contribution in [0.2, 0.25) is 0 Å². The second-order valence-electron chi connectivity index (χ2n) is 6.74. The van der Waals surface area contributed by atoms with Gasteiger partial charge in [-0.25, -0.2) is 4.98 Å². The summed E-state index contributed by atoms with van der Waals surface area (Å²) in [5.41, 5.74) is 3.70. The van der Waals surface area contributed by atoms with E-state index in [1.54, 1.807) is 0 Å². The summed E-state index contributed by atoms with van der Waals surface area (Å²) in [7, 11) is 0.